The molecule has 0 unspecified atom stereocenters. The van der Waals surface area contributed by atoms with Crippen molar-refractivity contribution in [2.45, 2.75) is 6.18 Å². The van der Waals surface area contributed by atoms with Gasteiger partial charge in [0.05, 0.1) is 17.4 Å². The molecule has 0 aliphatic heterocycles. The summed E-state index contributed by atoms with van der Waals surface area (Å²) < 4.78 is 37.5. The molecule has 0 saturated heterocycles. The van der Waals surface area contributed by atoms with Gasteiger partial charge in [-0.15, -0.1) is 0 Å². The van der Waals surface area contributed by atoms with E-state index >= 15 is 0 Å². The number of nitrogens with zero attached hydrogens (tertiary/aromatic N) is 1. The second-order valence-corrected chi connectivity index (χ2v) is 3.70. The van der Waals surface area contributed by atoms with Crippen molar-refractivity contribution in [3.8, 4) is 0 Å². The summed E-state index contributed by atoms with van der Waals surface area (Å²) >= 11 is 0. The van der Waals surface area contributed by atoms with Crippen molar-refractivity contribution in [3.05, 3.63) is 59.9 Å². The number of rotatable bonds is 2. The van der Waals surface area contributed by atoms with Crippen molar-refractivity contribution in [1.82, 2.24) is 4.98 Å². The quantitative estimate of drug-likeness (QED) is 0.906. The van der Waals surface area contributed by atoms with E-state index in [1.165, 1.54) is 18.5 Å². The van der Waals surface area contributed by atoms with Crippen LogP contribution in [0, 0.1) is 6.07 Å². The van der Waals surface area contributed by atoms with Crippen LogP contribution in [0.2, 0.25) is 0 Å². The molecule has 0 spiro atoms. The number of nitrogens with one attached hydrogen (secondary N) is 1. The number of carbonyl (C=O) groups is 1. The number of pyridine rings is 1. The maximum Gasteiger partial charge on any atom is 0.416 e. The van der Waals surface area contributed by atoms with Crippen LogP contribution in [0.1, 0.15) is 15.9 Å². The molecule has 0 saturated carbocycles. The Morgan fingerprint density at radius 3 is 2.74 bits per heavy atom. The minimum atomic E-state index is -4.50. The van der Waals surface area contributed by atoms with Crippen LogP contribution in [-0.2, 0) is 6.18 Å². The lowest BCUT2D eigenvalue weighted by Crippen LogP contribution is -2.14. The van der Waals surface area contributed by atoms with E-state index < -0.39 is 17.6 Å². The molecule has 1 amide bonds. The predicted molar refractivity (Wildman–Crippen MR) is 62.5 cm³/mol. The molecular weight excluding hydrogens is 257 g/mol. The first-order valence-corrected chi connectivity index (χ1v) is 5.26. The lowest BCUT2D eigenvalue weighted by Gasteiger charge is -2.08. The standard InChI is InChI=1S/C13H8F3N2O/c14-13(15,16)10-4-1-3-9(7-10)12(19)18-11-5-2-6-17-8-11/h2-8H,(H,18,19). The second kappa shape index (κ2) is 5.09. The van der Waals surface area contributed by atoms with Gasteiger partial charge in [0.2, 0.25) is 0 Å². The summed E-state index contributed by atoms with van der Waals surface area (Å²) in [5.41, 5.74) is -0.616. The van der Waals surface area contributed by atoms with Crippen molar-refractivity contribution >= 4 is 11.6 Å². The van der Waals surface area contributed by atoms with Gasteiger partial charge in [0.25, 0.3) is 5.91 Å². The Kier molecular flexibility index (Phi) is 3.50. The van der Waals surface area contributed by atoms with Gasteiger partial charge in [-0.25, -0.2) is 0 Å². The fraction of sp³-hybridized carbons (Fsp3) is 0.0769. The summed E-state index contributed by atoms with van der Waals surface area (Å²) in [5.74, 6) is -0.643. The molecule has 1 radical (unpaired) electrons. The number of hydrogen-bond donors (Lipinski definition) is 1. The zero-order valence-corrected chi connectivity index (χ0v) is 9.53. The number of alkyl halides is 3. The van der Waals surface area contributed by atoms with Crippen LogP contribution in [0.15, 0.2) is 42.7 Å². The van der Waals surface area contributed by atoms with Gasteiger partial charge in [0.15, 0.2) is 0 Å². The SMILES string of the molecule is O=C(Nc1cccnc1)c1c[c]cc(C(F)(F)F)c1. The van der Waals surface area contributed by atoms with Crippen LogP contribution < -0.4 is 5.32 Å². The molecule has 1 aromatic heterocycles. The number of anilines is 1. The normalized spacial score (nSPS) is 11.1. The van der Waals surface area contributed by atoms with Crippen molar-refractivity contribution in [1.29, 1.82) is 0 Å². The summed E-state index contributed by atoms with van der Waals surface area (Å²) in [4.78, 5) is 15.6. The van der Waals surface area contributed by atoms with E-state index in [4.69, 9.17) is 0 Å². The van der Waals surface area contributed by atoms with Crippen molar-refractivity contribution in [3.63, 3.8) is 0 Å². The number of aromatic nitrogens is 1. The van der Waals surface area contributed by atoms with Crippen LogP contribution in [0.5, 0.6) is 0 Å². The molecule has 1 aromatic carbocycles. The van der Waals surface area contributed by atoms with E-state index in [2.05, 4.69) is 16.4 Å². The predicted octanol–water partition coefficient (Wildman–Crippen LogP) is 3.15. The number of benzene rings is 1. The van der Waals surface area contributed by atoms with Crippen molar-refractivity contribution in [2.75, 3.05) is 5.32 Å². The average Bonchev–Trinajstić information content (AvgIpc) is 2.39. The lowest BCUT2D eigenvalue weighted by molar-refractivity contribution is -0.137. The largest absolute Gasteiger partial charge is 0.416 e. The molecule has 2 rings (SSSR count). The molecule has 6 heteroatoms. The molecule has 0 bridgehead atoms. The van der Waals surface area contributed by atoms with E-state index in [1.807, 2.05) is 0 Å². The molecule has 19 heavy (non-hydrogen) atoms. The average molecular weight is 265 g/mol. The molecule has 1 heterocycles. The topological polar surface area (TPSA) is 42.0 Å². The Hall–Kier alpha value is -2.37. The molecular formula is C13H8F3N2O. The third kappa shape index (κ3) is 3.31. The molecule has 2 aromatic rings. The van der Waals surface area contributed by atoms with Crippen LogP contribution in [0.4, 0.5) is 18.9 Å². The van der Waals surface area contributed by atoms with E-state index in [-0.39, 0.29) is 5.56 Å². The van der Waals surface area contributed by atoms with Crippen molar-refractivity contribution in [2.24, 2.45) is 0 Å². The minimum Gasteiger partial charge on any atom is -0.321 e. The highest BCUT2D eigenvalue weighted by molar-refractivity contribution is 6.04. The third-order valence-corrected chi connectivity index (χ3v) is 2.30. The van der Waals surface area contributed by atoms with Gasteiger partial charge in [-0.2, -0.15) is 13.2 Å². The Labute approximate surface area is 107 Å². The lowest BCUT2D eigenvalue weighted by atomic mass is 10.1. The summed E-state index contributed by atoms with van der Waals surface area (Å²) in [6.45, 7) is 0. The number of halogens is 3. The van der Waals surface area contributed by atoms with Crippen LogP contribution in [0.3, 0.4) is 0 Å². The van der Waals surface area contributed by atoms with Crippen LogP contribution in [-0.4, -0.2) is 10.9 Å². The number of hydrogen-bond acceptors (Lipinski definition) is 2. The fourth-order valence-electron chi connectivity index (χ4n) is 1.41. The van der Waals surface area contributed by atoms with Gasteiger partial charge in [-0.05, 0) is 36.4 Å². The van der Waals surface area contributed by atoms with E-state index in [9.17, 15) is 18.0 Å². The summed E-state index contributed by atoms with van der Waals surface area (Å²) in [7, 11) is 0. The highest BCUT2D eigenvalue weighted by atomic mass is 19.4. The molecule has 97 valence electrons. The summed E-state index contributed by atoms with van der Waals surface area (Å²) in [6, 6.07) is 8.26. The minimum absolute atomic E-state index is 0.112. The van der Waals surface area contributed by atoms with E-state index in [0.717, 1.165) is 12.1 Å². The second-order valence-electron chi connectivity index (χ2n) is 3.70. The van der Waals surface area contributed by atoms with Gasteiger partial charge in [0.1, 0.15) is 0 Å². The first kappa shape index (κ1) is 13.1. The van der Waals surface area contributed by atoms with Crippen LogP contribution in [0.25, 0.3) is 0 Å². The Balaban J connectivity index is 2.20. The highest BCUT2D eigenvalue weighted by Gasteiger charge is 2.30. The number of amides is 1. The van der Waals surface area contributed by atoms with E-state index in [1.54, 1.807) is 12.1 Å². The molecule has 0 aliphatic carbocycles. The number of carbonyl (C=O) groups excluding carboxylic acids is 1. The summed E-state index contributed by atoms with van der Waals surface area (Å²) in [6.07, 6.45) is -1.58. The molecule has 0 aliphatic rings. The van der Waals surface area contributed by atoms with Gasteiger partial charge in [-0.1, -0.05) is 0 Å². The highest BCUT2D eigenvalue weighted by Crippen LogP contribution is 2.29. The van der Waals surface area contributed by atoms with Gasteiger partial charge >= 0.3 is 6.18 Å². The van der Waals surface area contributed by atoms with Gasteiger partial charge in [-0.3, -0.25) is 9.78 Å². The third-order valence-electron chi connectivity index (χ3n) is 2.30. The maximum absolute atomic E-state index is 12.5. The zero-order chi connectivity index (χ0) is 13.9. The molecule has 1 N–H and O–H groups in total. The van der Waals surface area contributed by atoms with Crippen molar-refractivity contribution < 1.29 is 18.0 Å². The summed E-state index contributed by atoms with van der Waals surface area (Å²) in [5, 5.41) is 2.45. The molecule has 0 fully saturated rings. The first-order chi connectivity index (χ1) is 8.97. The van der Waals surface area contributed by atoms with Gasteiger partial charge in [0, 0.05) is 11.8 Å². The molecule has 0 atom stereocenters. The monoisotopic (exact) mass is 265 g/mol. The zero-order valence-electron chi connectivity index (χ0n) is 9.53. The smallest absolute Gasteiger partial charge is 0.321 e. The first-order valence-electron chi connectivity index (χ1n) is 5.26. The fourth-order valence-corrected chi connectivity index (χ4v) is 1.41. The molecule has 3 nitrogen and oxygen atoms in total. The Morgan fingerprint density at radius 2 is 2.11 bits per heavy atom. The maximum atomic E-state index is 12.5. The van der Waals surface area contributed by atoms with Gasteiger partial charge < -0.3 is 5.32 Å². The Bertz CT molecular complexity index is 582. The van der Waals surface area contributed by atoms with E-state index in [0.29, 0.717) is 5.69 Å². The Morgan fingerprint density at radius 1 is 1.32 bits per heavy atom. The van der Waals surface area contributed by atoms with Crippen LogP contribution >= 0.6 is 0 Å².